The number of ketones is 1. The molecule has 0 bridgehead atoms. The van der Waals surface area contributed by atoms with Crippen molar-refractivity contribution in [3.63, 3.8) is 0 Å². The van der Waals surface area contributed by atoms with Gasteiger partial charge in [-0.15, -0.1) is 0 Å². The van der Waals surface area contributed by atoms with Crippen LogP contribution < -0.4 is 4.74 Å². The molecular formula is C17H16O4. The van der Waals surface area contributed by atoms with Crippen molar-refractivity contribution in [2.24, 2.45) is 0 Å². The molecule has 0 aromatic heterocycles. The number of rotatable bonds is 4. The molecule has 2 aromatic carbocycles. The summed E-state index contributed by atoms with van der Waals surface area (Å²) >= 11 is 0. The quantitative estimate of drug-likeness (QED) is 0.667. The molecule has 21 heavy (non-hydrogen) atoms. The molecule has 4 nitrogen and oxygen atoms in total. The van der Waals surface area contributed by atoms with Crippen LogP contribution in [0.1, 0.15) is 21.5 Å². The van der Waals surface area contributed by atoms with E-state index in [0.717, 1.165) is 0 Å². The van der Waals surface area contributed by atoms with E-state index in [9.17, 15) is 15.0 Å². The monoisotopic (exact) mass is 284 g/mol. The molecule has 0 radical (unpaired) electrons. The minimum atomic E-state index is -0.224. The second-order valence-electron chi connectivity index (χ2n) is 4.59. The number of phenolic OH excluding ortho intramolecular Hbond substituents is 2. The lowest BCUT2D eigenvalue weighted by atomic mass is 10.1. The number of ether oxygens (including phenoxy) is 1. The maximum Gasteiger partial charge on any atom is 0.185 e. The number of hydrogen-bond donors (Lipinski definition) is 2. The zero-order valence-corrected chi connectivity index (χ0v) is 11.8. The average molecular weight is 284 g/mol. The summed E-state index contributed by atoms with van der Waals surface area (Å²) in [6, 6.07) is 9.45. The Morgan fingerprint density at radius 3 is 2.38 bits per heavy atom. The van der Waals surface area contributed by atoms with Crippen LogP contribution in [-0.2, 0) is 0 Å². The first-order chi connectivity index (χ1) is 10.0. The van der Waals surface area contributed by atoms with E-state index in [1.807, 2.05) is 0 Å². The van der Waals surface area contributed by atoms with Crippen molar-refractivity contribution in [2.45, 2.75) is 6.92 Å². The molecule has 0 fully saturated rings. The van der Waals surface area contributed by atoms with Crippen LogP contribution in [0.25, 0.3) is 6.08 Å². The van der Waals surface area contributed by atoms with Crippen molar-refractivity contribution in [1.29, 1.82) is 0 Å². The van der Waals surface area contributed by atoms with Gasteiger partial charge in [-0.1, -0.05) is 6.07 Å². The van der Waals surface area contributed by atoms with Crippen molar-refractivity contribution in [2.75, 3.05) is 7.11 Å². The molecule has 0 aliphatic carbocycles. The highest BCUT2D eigenvalue weighted by molar-refractivity contribution is 6.07. The summed E-state index contributed by atoms with van der Waals surface area (Å²) in [5, 5.41) is 19.3. The van der Waals surface area contributed by atoms with Gasteiger partial charge in [0.25, 0.3) is 0 Å². The van der Waals surface area contributed by atoms with Gasteiger partial charge in [0.15, 0.2) is 5.78 Å². The molecule has 2 rings (SSSR count). The van der Waals surface area contributed by atoms with Crippen LogP contribution in [0.3, 0.4) is 0 Å². The Morgan fingerprint density at radius 2 is 1.76 bits per heavy atom. The lowest BCUT2D eigenvalue weighted by molar-refractivity contribution is 0.104. The number of hydrogen-bond acceptors (Lipinski definition) is 4. The number of methoxy groups -OCH3 is 1. The van der Waals surface area contributed by atoms with Crippen LogP contribution in [0.15, 0.2) is 42.5 Å². The van der Waals surface area contributed by atoms with Gasteiger partial charge in [-0.2, -0.15) is 0 Å². The number of carbonyl (C=O) groups is 1. The third-order valence-electron chi connectivity index (χ3n) is 3.15. The van der Waals surface area contributed by atoms with Crippen LogP contribution in [0.2, 0.25) is 0 Å². The fraction of sp³-hybridized carbons (Fsp3) is 0.118. The Hall–Kier alpha value is -2.75. The Kier molecular flexibility index (Phi) is 4.28. The summed E-state index contributed by atoms with van der Waals surface area (Å²) < 4.78 is 5.18. The highest BCUT2D eigenvalue weighted by atomic mass is 16.5. The van der Waals surface area contributed by atoms with E-state index in [2.05, 4.69) is 0 Å². The second kappa shape index (κ2) is 6.13. The molecule has 0 spiro atoms. The summed E-state index contributed by atoms with van der Waals surface area (Å²) in [6.45, 7) is 1.77. The average Bonchev–Trinajstić information content (AvgIpc) is 2.49. The molecule has 0 aliphatic heterocycles. The van der Waals surface area contributed by atoms with Gasteiger partial charge in [0.2, 0.25) is 0 Å². The zero-order valence-electron chi connectivity index (χ0n) is 11.8. The Balaban J connectivity index is 2.31. The summed E-state index contributed by atoms with van der Waals surface area (Å²) in [7, 11) is 1.50. The molecule has 0 heterocycles. The van der Waals surface area contributed by atoms with Gasteiger partial charge >= 0.3 is 0 Å². The maximum absolute atomic E-state index is 12.0. The molecule has 108 valence electrons. The van der Waals surface area contributed by atoms with Crippen LogP contribution >= 0.6 is 0 Å². The molecule has 0 saturated heterocycles. The first kappa shape index (κ1) is 14.7. The van der Waals surface area contributed by atoms with Gasteiger partial charge in [-0.25, -0.2) is 0 Å². The Labute approximate surface area is 122 Å². The highest BCUT2D eigenvalue weighted by Gasteiger charge is 2.09. The minimum absolute atomic E-state index is 0.0871. The number of allylic oxidation sites excluding steroid dienone is 1. The normalized spacial score (nSPS) is 10.8. The van der Waals surface area contributed by atoms with Gasteiger partial charge in [-0.05, 0) is 55.0 Å². The highest BCUT2D eigenvalue weighted by Crippen LogP contribution is 2.32. The number of aryl methyl sites for hydroxylation is 1. The fourth-order valence-electron chi connectivity index (χ4n) is 1.92. The third kappa shape index (κ3) is 3.23. The van der Waals surface area contributed by atoms with E-state index in [1.165, 1.54) is 43.5 Å². The number of benzene rings is 2. The number of carbonyl (C=O) groups excluding carboxylic acids is 1. The molecule has 0 saturated carbocycles. The molecular weight excluding hydrogens is 268 g/mol. The maximum atomic E-state index is 12.0. The standard InChI is InChI=1S/C17H16O4/c1-11-3-10-16(21-2)14(17(11)20)8-9-15(19)12-4-6-13(18)7-5-12/h3-10,18,20H,1-2H3/b9-8+. The lowest BCUT2D eigenvalue weighted by Gasteiger charge is -2.09. The van der Waals surface area contributed by atoms with Crippen LogP contribution in [-0.4, -0.2) is 23.1 Å². The van der Waals surface area contributed by atoms with Crippen molar-refractivity contribution >= 4 is 11.9 Å². The van der Waals surface area contributed by atoms with Gasteiger partial charge in [0.1, 0.15) is 17.2 Å². The third-order valence-corrected chi connectivity index (χ3v) is 3.15. The van der Waals surface area contributed by atoms with Crippen LogP contribution in [0.4, 0.5) is 0 Å². The van der Waals surface area contributed by atoms with Gasteiger partial charge in [0, 0.05) is 5.56 Å². The summed E-state index contributed by atoms with van der Waals surface area (Å²) in [6.07, 6.45) is 2.89. The Morgan fingerprint density at radius 1 is 1.10 bits per heavy atom. The van der Waals surface area contributed by atoms with Gasteiger partial charge < -0.3 is 14.9 Å². The SMILES string of the molecule is COc1ccc(C)c(O)c1/C=C/C(=O)c1ccc(O)cc1. The molecule has 4 heteroatoms. The predicted molar refractivity (Wildman–Crippen MR) is 80.9 cm³/mol. The van der Waals surface area contributed by atoms with E-state index < -0.39 is 0 Å². The smallest absolute Gasteiger partial charge is 0.185 e. The number of aromatic hydroxyl groups is 2. The van der Waals surface area contributed by atoms with E-state index in [0.29, 0.717) is 22.4 Å². The van der Waals surface area contributed by atoms with Crippen LogP contribution in [0.5, 0.6) is 17.2 Å². The van der Waals surface area contributed by atoms with Gasteiger partial charge in [-0.3, -0.25) is 4.79 Å². The van der Waals surface area contributed by atoms with Crippen LogP contribution in [0, 0.1) is 6.92 Å². The summed E-state index contributed by atoms with van der Waals surface area (Å²) in [5.41, 5.74) is 1.62. The summed E-state index contributed by atoms with van der Waals surface area (Å²) in [5.74, 6) is 0.462. The summed E-state index contributed by atoms with van der Waals surface area (Å²) in [4.78, 5) is 12.0. The molecule has 0 amide bonds. The number of phenols is 2. The largest absolute Gasteiger partial charge is 0.508 e. The molecule has 0 aliphatic rings. The predicted octanol–water partition coefficient (Wildman–Crippen LogP) is 3.31. The first-order valence-corrected chi connectivity index (χ1v) is 6.41. The fourth-order valence-corrected chi connectivity index (χ4v) is 1.92. The second-order valence-corrected chi connectivity index (χ2v) is 4.59. The van der Waals surface area contributed by atoms with Crippen molar-refractivity contribution in [3.05, 3.63) is 59.2 Å². The van der Waals surface area contributed by atoms with Crippen molar-refractivity contribution in [3.8, 4) is 17.2 Å². The molecule has 0 unspecified atom stereocenters. The van der Waals surface area contributed by atoms with Crippen molar-refractivity contribution in [1.82, 2.24) is 0 Å². The molecule has 2 N–H and O–H groups in total. The minimum Gasteiger partial charge on any atom is -0.508 e. The molecule has 2 aromatic rings. The van der Waals surface area contributed by atoms with E-state index >= 15 is 0 Å². The van der Waals surface area contributed by atoms with E-state index in [1.54, 1.807) is 19.1 Å². The zero-order chi connectivity index (χ0) is 15.4. The Bertz CT molecular complexity index is 685. The van der Waals surface area contributed by atoms with E-state index in [4.69, 9.17) is 4.74 Å². The first-order valence-electron chi connectivity index (χ1n) is 6.41. The van der Waals surface area contributed by atoms with E-state index in [-0.39, 0.29) is 17.3 Å². The molecule has 0 atom stereocenters. The van der Waals surface area contributed by atoms with Crippen molar-refractivity contribution < 1.29 is 19.7 Å². The lowest BCUT2D eigenvalue weighted by Crippen LogP contribution is -1.94. The topological polar surface area (TPSA) is 66.8 Å². The van der Waals surface area contributed by atoms with Gasteiger partial charge in [0.05, 0.1) is 12.7 Å².